The first-order valence-corrected chi connectivity index (χ1v) is 9.71. The van der Waals surface area contributed by atoms with Crippen LogP contribution in [0.15, 0.2) is 6.33 Å². The third-order valence-corrected chi connectivity index (χ3v) is 5.88. The molecule has 1 unspecified atom stereocenters. The van der Waals surface area contributed by atoms with Gasteiger partial charge in [-0.15, -0.1) is 11.3 Å². The van der Waals surface area contributed by atoms with Crippen molar-refractivity contribution < 1.29 is 14.3 Å². The predicted molar refractivity (Wildman–Crippen MR) is 101 cm³/mol. The fourth-order valence-corrected chi connectivity index (χ4v) is 4.24. The molecule has 0 saturated carbocycles. The highest BCUT2D eigenvalue weighted by Gasteiger charge is 2.29. The highest BCUT2D eigenvalue weighted by atomic mass is 32.1. The van der Waals surface area contributed by atoms with Crippen molar-refractivity contribution >= 4 is 39.2 Å². The minimum Gasteiger partial charge on any atom is -0.466 e. The number of carbonyl (C=O) groups is 2. The molecule has 1 amide bonds. The molecule has 2 aromatic rings. The fourth-order valence-electron chi connectivity index (χ4n) is 3.24. The molecule has 1 atom stereocenters. The zero-order valence-corrected chi connectivity index (χ0v) is 16.2. The Hall–Kier alpha value is -2.22. The third-order valence-electron chi connectivity index (χ3n) is 4.77. The summed E-state index contributed by atoms with van der Waals surface area (Å²) < 4.78 is 5.09. The van der Waals surface area contributed by atoms with E-state index in [4.69, 9.17) is 4.74 Å². The lowest BCUT2D eigenvalue weighted by Crippen LogP contribution is -2.45. The molecule has 1 aliphatic rings. The largest absolute Gasteiger partial charge is 0.466 e. The second kappa shape index (κ2) is 7.99. The molecule has 3 rings (SSSR count). The van der Waals surface area contributed by atoms with Crippen LogP contribution in [-0.4, -0.2) is 53.0 Å². The Morgan fingerprint density at radius 3 is 2.96 bits per heavy atom. The Morgan fingerprint density at radius 1 is 1.38 bits per heavy atom. The van der Waals surface area contributed by atoms with Gasteiger partial charge in [0, 0.05) is 18.0 Å². The Kier molecular flexibility index (Phi) is 5.70. The van der Waals surface area contributed by atoms with Crippen molar-refractivity contribution in [1.29, 1.82) is 0 Å². The Bertz CT molecular complexity index is 820. The summed E-state index contributed by atoms with van der Waals surface area (Å²) in [4.78, 5) is 37.0. The van der Waals surface area contributed by atoms with Crippen molar-refractivity contribution in [2.75, 3.05) is 31.6 Å². The summed E-state index contributed by atoms with van der Waals surface area (Å²) in [7, 11) is 0. The van der Waals surface area contributed by atoms with Crippen LogP contribution < -0.4 is 5.32 Å². The summed E-state index contributed by atoms with van der Waals surface area (Å²) >= 11 is 1.63. The fraction of sp³-hybridized carbons (Fsp3) is 0.556. The van der Waals surface area contributed by atoms with Crippen LogP contribution in [0.25, 0.3) is 10.2 Å². The Labute approximate surface area is 156 Å². The molecular weight excluding hydrogens is 352 g/mol. The molecule has 1 aliphatic heterocycles. The number of nitrogens with zero attached hydrogens (tertiary/aromatic N) is 3. The van der Waals surface area contributed by atoms with E-state index in [-0.39, 0.29) is 24.3 Å². The molecule has 0 aliphatic carbocycles. The molecule has 1 fully saturated rings. The maximum absolute atomic E-state index is 12.6. The van der Waals surface area contributed by atoms with Crippen LogP contribution in [0.5, 0.6) is 0 Å². The number of likely N-dealkylation sites (tertiary alicyclic amines) is 1. The van der Waals surface area contributed by atoms with Gasteiger partial charge < -0.3 is 15.0 Å². The van der Waals surface area contributed by atoms with Crippen molar-refractivity contribution in [2.24, 2.45) is 5.92 Å². The van der Waals surface area contributed by atoms with Gasteiger partial charge in [0.1, 0.15) is 17.0 Å². The van der Waals surface area contributed by atoms with Crippen LogP contribution in [-0.2, 0) is 14.3 Å². The van der Waals surface area contributed by atoms with Crippen molar-refractivity contribution in [3.63, 3.8) is 0 Å². The zero-order chi connectivity index (χ0) is 18.7. The van der Waals surface area contributed by atoms with Crippen molar-refractivity contribution in [3.8, 4) is 0 Å². The van der Waals surface area contributed by atoms with Gasteiger partial charge in [0.25, 0.3) is 0 Å². The average Bonchev–Trinajstić information content (AvgIpc) is 2.94. The van der Waals surface area contributed by atoms with Crippen LogP contribution in [0.2, 0.25) is 0 Å². The van der Waals surface area contributed by atoms with E-state index in [2.05, 4.69) is 22.2 Å². The number of anilines is 1. The van der Waals surface area contributed by atoms with Crippen LogP contribution in [0, 0.1) is 19.8 Å². The average molecular weight is 376 g/mol. The monoisotopic (exact) mass is 376 g/mol. The van der Waals surface area contributed by atoms with E-state index in [1.807, 2.05) is 6.92 Å². The van der Waals surface area contributed by atoms with Crippen molar-refractivity contribution in [3.05, 3.63) is 16.8 Å². The number of aryl methyl sites for hydroxylation is 2. The van der Waals surface area contributed by atoms with E-state index in [9.17, 15) is 9.59 Å². The minimum absolute atomic E-state index is 0.0321. The third kappa shape index (κ3) is 3.80. The number of nitrogens with one attached hydrogen (secondary N) is 1. The SMILES string of the molecule is CCOC(=O)C1CCCN(C(=O)CNc2ncnc3sc(C)c(C)c23)C1. The molecule has 2 aromatic heterocycles. The number of carbonyl (C=O) groups excluding carboxylic acids is 2. The molecule has 140 valence electrons. The number of amides is 1. The van der Waals surface area contributed by atoms with Gasteiger partial charge >= 0.3 is 5.97 Å². The van der Waals surface area contributed by atoms with E-state index in [1.165, 1.54) is 11.2 Å². The second-order valence-corrected chi connectivity index (χ2v) is 7.67. The number of thiophene rings is 1. The molecule has 0 spiro atoms. The van der Waals surface area contributed by atoms with Gasteiger partial charge in [-0.1, -0.05) is 0 Å². The topological polar surface area (TPSA) is 84.4 Å². The summed E-state index contributed by atoms with van der Waals surface area (Å²) in [6, 6.07) is 0. The first-order chi connectivity index (χ1) is 12.5. The maximum atomic E-state index is 12.6. The number of fused-ring (bicyclic) bond motifs is 1. The lowest BCUT2D eigenvalue weighted by Gasteiger charge is -2.31. The number of esters is 1. The smallest absolute Gasteiger partial charge is 0.310 e. The second-order valence-electron chi connectivity index (χ2n) is 6.47. The van der Waals surface area contributed by atoms with E-state index < -0.39 is 0 Å². The molecule has 0 radical (unpaired) electrons. The number of ether oxygens (including phenoxy) is 1. The number of hydrogen-bond donors (Lipinski definition) is 1. The Balaban J connectivity index is 1.65. The number of hydrogen-bond acceptors (Lipinski definition) is 7. The molecule has 0 aromatic carbocycles. The molecule has 1 N–H and O–H groups in total. The minimum atomic E-state index is -0.222. The summed E-state index contributed by atoms with van der Waals surface area (Å²) in [6.45, 7) is 7.51. The van der Waals surface area contributed by atoms with Crippen LogP contribution in [0.1, 0.15) is 30.2 Å². The van der Waals surface area contributed by atoms with Gasteiger partial charge in [0.2, 0.25) is 5.91 Å². The maximum Gasteiger partial charge on any atom is 0.310 e. The number of piperidine rings is 1. The Morgan fingerprint density at radius 2 is 2.19 bits per heavy atom. The summed E-state index contributed by atoms with van der Waals surface area (Å²) in [5, 5.41) is 4.13. The van der Waals surface area contributed by atoms with E-state index >= 15 is 0 Å². The van der Waals surface area contributed by atoms with Crippen LogP contribution >= 0.6 is 11.3 Å². The van der Waals surface area contributed by atoms with Crippen molar-refractivity contribution in [2.45, 2.75) is 33.6 Å². The summed E-state index contributed by atoms with van der Waals surface area (Å²) in [5.41, 5.74) is 1.14. The van der Waals surface area contributed by atoms with Gasteiger partial charge in [0.05, 0.1) is 24.5 Å². The highest BCUT2D eigenvalue weighted by molar-refractivity contribution is 7.18. The van der Waals surface area contributed by atoms with Crippen LogP contribution in [0.4, 0.5) is 5.82 Å². The van der Waals surface area contributed by atoms with Gasteiger partial charge in [-0.2, -0.15) is 0 Å². The van der Waals surface area contributed by atoms with E-state index in [0.717, 1.165) is 28.6 Å². The van der Waals surface area contributed by atoms with E-state index in [1.54, 1.807) is 23.2 Å². The zero-order valence-electron chi connectivity index (χ0n) is 15.4. The summed E-state index contributed by atoms with van der Waals surface area (Å²) in [5.74, 6) is 0.222. The molecule has 8 heteroatoms. The summed E-state index contributed by atoms with van der Waals surface area (Å²) in [6.07, 6.45) is 3.11. The van der Waals surface area contributed by atoms with Gasteiger partial charge in [0.15, 0.2) is 0 Å². The standard InChI is InChI=1S/C18H24N4O3S/c1-4-25-18(24)13-6-5-7-22(9-13)14(23)8-19-16-15-11(2)12(3)26-17(15)21-10-20-16/h10,13H,4-9H2,1-3H3,(H,19,20,21). The van der Waals surface area contributed by atoms with Gasteiger partial charge in [-0.25, -0.2) is 9.97 Å². The molecule has 7 nitrogen and oxygen atoms in total. The first kappa shape index (κ1) is 18.6. The normalized spacial score (nSPS) is 17.3. The van der Waals surface area contributed by atoms with Crippen molar-refractivity contribution in [1.82, 2.24) is 14.9 Å². The molecule has 0 bridgehead atoms. The lowest BCUT2D eigenvalue weighted by atomic mass is 9.98. The molecule has 26 heavy (non-hydrogen) atoms. The molecule has 3 heterocycles. The highest BCUT2D eigenvalue weighted by Crippen LogP contribution is 2.32. The predicted octanol–water partition coefficient (Wildman–Crippen LogP) is 2.52. The number of rotatable bonds is 5. The van der Waals surface area contributed by atoms with Gasteiger partial charge in [-0.05, 0) is 39.2 Å². The molecule has 1 saturated heterocycles. The first-order valence-electron chi connectivity index (χ1n) is 8.90. The van der Waals surface area contributed by atoms with Crippen LogP contribution in [0.3, 0.4) is 0 Å². The van der Waals surface area contributed by atoms with Gasteiger partial charge in [-0.3, -0.25) is 9.59 Å². The molecular formula is C18H24N4O3S. The number of aromatic nitrogens is 2. The quantitative estimate of drug-likeness (QED) is 0.807. The lowest BCUT2D eigenvalue weighted by molar-refractivity contribution is -0.151. The van der Waals surface area contributed by atoms with E-state index in [0.29, 0.717) is 25.5 Å².